The fraction of sp³-hybridized carbons (Fsp3) is 0.176. The van der Waals surface area contributed by atoms with Gasteiger partial charge in [-0.3, -0.25) is 24.5 Å². The Morgan fingerprint density at radius 1 is 1.16 bits per heavy atom. The number of pyridine rings is 1. The Morgan fingerprint density at radius 2 is 2.00 bits per heavy atom. The molecule has 0 bridgehead atoms. The molecule has 3 heterocycles. The number of hydrogen-bond donors (Lipinski definition) is 2. The lowest BCUT2D eigenvalue weighted by Crippen LogP contribution is -2.37. The van der Waals surface area contributed by atoms with Crippen LogP contribution in [0.1, 0.15) is 23.0 Å². The molecule has 1 amide bonds. The maximum absolute atomic E-state index is 12.3. The highest BCUT2D eigenvalue weighted by atomic mass is 16.2. The number of nitrogens with one attached hydrogen (secondary N) is 2. The van der Waals surface area contributed by atoms with E-state index in [2.05, 4.69) is 30.2 Å². The van der Waals surface area contributed by atoms with Crippen molar-refractivity contribution in [1.29, 1.82) is 0 Å². The second kappa shape index (κ2) is 7.43. The first kappa shape index (κ1) is 16.4. The summed E-state index contributed by atoms with van der Waals surface area (Å²) >= 11 is 0. The summed E-state index contributed by atoms with van der Waals surface area (Å²) in [5, 5.41) is 2.77. The van der Waals surface area contributed by atoms with Crippen molar-refractivity contribution in [3.8, 4) is 11.4 Å². The lowest BCUT2D eigenvalue weighted by Gasteiger charge is -2.13. The average molecular weight is 336 g/mol. The van der Waals surface area contributed by atoms with Gasteiger partial charge in [0.2, 0.25) is 0 Å². The SMILES string of the molecule is C[C@H](Cc1cnccn1)NC(=O)c1cnc(-c2cccnc2)[nH]c1=O. The van der Waals surface area contributed by atoms with Crippen LogP contribution in [0.3, 0.4) is 0 Å². The van der Waals surface area contributed by atoms with Crippen LogP contribution < -0.4 is 10.9 Å². The molecular weight excluding hydrogens is 320 g/mol. The number of H-pyrrole nitrogens is 1. The van der Waals surface area contributed by atoms with Crippen molar-refractivity contribution in [2.24, 2.45) is 0 Å². The van der Waals surface area contributed by atoms with Crippen LogP contribution in [-0.4, -0.2) is 36.9 Å². The van der Waals surface area contributed by atoms with Gasteiger partial charge in [0, 0.05) is 55.2 Å². The summed E-state index contributed by atoms with van der Waals surface area (Å²) < 4.78 is 0. The topological polar surface area (TPSA) is 114 Å². The van der Waals surface area contributed by atoms with E-state index in [0.29, 0.717) is 17.8 Å². The van der Waals surface area contributed by atoms with Crippen LogP contribution in [0, 0.1) is 0 Å². The minimum Gasteiger partial charge on any atom is -0.349 e. The van der Waals surface area contributed by atoms with Gasteiger partial charge in [0.1, 0.15) is 11.4 Å². The van der Waals surface area contributed by atoms with Gasteiger partial charge < -0.3 is 10.3 Å². The van der Waals surface area contributed by atoms with Gasteiger partial charge in [-0.25, -0.2) is 4.98 Å². The number of hydrogen-bond acceptors (Lipinski definition) is 6. The third-order valence-electron chi connectivity index (χ3n) is 3.49. The van der Waals surface area contributed by atoms with Crippen LogP contribution in [0.4, 0.5) is 0 Å². The van der Waals surface area contributed by atoms with E-state index in [-0.39, 0.29) is 11.6 Å². The zero-order valence-electron chi connectivity index (χ0n) is 13.5. The number of nitrogens with zero attached hydrogens (tertiary/aromatic N) is 4. The maximum atomic E-state index is 12.3. The standard InChI is InChI=1S/C17H16N6O2/c1-11(7-13-9-19-5-6-20-13)22-16(24)14-10-21-15(23-17(14)25)12-3-2-4-18-8-12/h2-6,8-11H,7H2,1H3,(H,22,24)(H,21,23,25)/t11-/m1/s1. The predicted octanol–water partition coefficient (Wildman–Crippen LogP) is 0.983. The molecule has 0 spiro atoms. The third-order valence-corrected chi connectivity index (χ3v) is 3.49. The Labute approximate surface area is 143 Å². The zero-order chi connectivity index (χ0) is 17.6. The van der Waals surface area contributed by atoms with Crippen molar-refractivity contribution in [3.05, 3.63) is 70.9 Å². The molecule has 3 rings (SSSR count). The Hall–Kier alpha value is -3.42. The molecule has 8 heteroatoms. The van der Waals surface area contributed by atoms with Gasteiger partial charge in [0.05, 0.1) is 5.69 Å². The van der Waals surface area contributed by atoms with Crippen molar-refractivity contribution >= 4 is 5.91 Å². The molecule has 0 unspecified atom stereocenters. The zero-order valence-corrected chi connectivity index (χ0v) is 13.5. The summed E-state index contributed by atoms with van der Waals surface area (Å²) in [7, 11) is 0. The molecule has 2 N–H and O–H groups in total. The normalized spacial score (nSPS) is 11.7. The fourth-order valence-electron chi connectivity index (χ4n) is 2.31. The van der Waals surface area contributed by atoms with E-state index >= 15 is 0 Å². The van der Waals surface area contributed by atoms with Crippen LogP contribution in [0.2, 0.25) is 0 Å². The molecule has 0 aliphatic rings. The van der Waals surface area contributed by atoms with Gasteiger partial charge in [-0.2, -0.15) is 0 Å². The number of rotatable bonds is 5. The van der Waals surface area contributed by atoms with Crippen molar-refractivity contribution in [2.75, 3.05) is 0 Å². The number of amides is 1. The molecule has 0 aromatic carbocycles. The van der Waals surface area contributed by atoms with E-state index in [1.165, 1.54) is 6.20 Å². The average Bonchev–Trinajstić information content (AvgIpc) is 2.63. The van der Waals surface area contributed by atoms with E-state index in [4.69, 9.17) is 0 Å². The van der Waals surface area contributed by atoms with Crippen LogP contribution >= 0.6 is 0 Å². The van der Waals surface area contributed by atoms with Crippen LogP contribution in [0.15, 0.2) is 54.1 Å². The molecule has 25 heavy (non-hydrogen) atoms. The number of carbonyl (C=O) groups is 1. The second-order valence-corrected chi connectivity index (χ2v) is 5.49. The quantitative estimate of drug-likeness (QED) is 0.718. The molecule has 0 saturated carbocycles. The number of aromatic nitrogens is 5. The first-order valence-corrected chi connectivity index (χ1v) is 7.69. The number of carbonyl (C=O) groups excluding carboxylic acids is 1. The molecule has 1 atom stereocenters. The van der Waals surface area contributed by atoms with Gasteiger partial charge in [-0.05, 0) is 19.1 Å². The Bertz CT molecular complexity index is 911. The smallest absolute Gasteiger partial charge is 0.264 e. The monoisotopic (exact) mass is 336 g/mol. The Kier molecular flexibility index (Phi) is 4.89. The highest BCUT2D eigenvalue weighted by molar-refractivity contribution is 5.93. The summed E-state index contributed by atoms with van der Waals surface area (Å²) in [5.74, 6) is -0.120. The molecule has 0 fully saturated rings. The molecular formula is C17H16N6O2. The van der Waals surface area contributed by atoms with Crippen LogP contribution in [-0.2, 0) is 6.42 Å². The lowest BCUT2D eigenvalue weighted by molar-refractivity contribution is 0.0938. The van der Waals surface area contributed by atoms with E-state index in [1.807, 2.05) is 6.92 Å². The molecule has 0 radical (unpaired) electrons. The summed E-state index contributed by atoms with van der Waals surface area (Å²) in [5.41, 5.74) is 0.883. The second-order valence-electron chi connectivity index (χ2n) is 5.49. The van der Waals surface area contributed by atoms with Crippen molar-refractivity contribution in [3.63, 3.8) is 0 Å². The van der Waals surface area contributed by atoms with E-state index in [0.717, 1.165) is 5.69 Å². The Balaban J connectivity index is 1.71. The molecule has 0 aliphatic carbocycles. The largest absolute Gasteiger partial charge is 0.349 e. The number of aromatic amines is 1. The first-order chi connectivity index (χ1) is 12.1. The fourth-order valence-corrected chi connectivity index (χ4v) is 2.31. The molecule has 8 nitrogen and oxygen atoms in total. The molecule has 0 aliphatic heterocycles. The minimum atomic E-state index is -0.502. The summed E-state index contributed by atoms with van der Waals surface area (Å²) in [6.07, 6.45) is 9.81. The molecule has 126 valence electrons. The third kappa shape index (κ3) is 4.11. The van der Waals surface area contributed by atoms with Gasteiger partial charge in [0.15, 0.2) is 0 Å². The minimum absolute atomic E-state index is 0.0429. The van der Waals surface area contributed by atoms with Gasteiger partial charge in [-0.15, -0.1) is 0 Å². The maximum Gasteiger partial charge on any atom is 0.264 e. The van der Waals surface area contributed by atoms with Gasteiger partial charge in [-0.1, -0.05) is 0 Å². The van der Waals surface area contributed by atoms with Crippen molar-refractivity contribution in [2.45, 2.75) is 19.4 Å². The predicted molar refractivity (Wildman–Crippen MR) is 90.8 cm³/mol. The Morgan fingerprint density at radius 3 is 2.68 bits per heavy atom. The lowest BCUT2D eigenvalue weighted by atomic mass is 10.1. The van der Waals surface area contributed by atoms with Gasteiger partial charge in [0.25, 0.3) is 11.5 Å². The summed E-state index contributed by atoms with van der Waals surface area (Å²) in [6, 6.07) is 3.31. The molecule has 3 aromatic heterocycles. The highest BCUT2D eigenvalue weighted by Gasteiger charge is 2.15. The summed E-state index contributed by atoms with van der Waals surface area (Å²) in [4.78, 5) is 43.4. The van der Waals surface area contributed by atoms with Crippen molar-refractivity contribution < 1.29 is 4.79 Å². The van der Waals surface area contributed by atoms with Gasteiger partial charge >= 0.3 is 0 Å². The highest BCUT2D eigenvalue weighted by Crippen LogP contribution is 2.10. The van der Waals surface area contributed by atoms with Crippen LogP contribution in [0.5, 0.6) is 0 Å². The van der Waals surface area contributed by atoms with Crippen LogP contribution in [0.25, 0.3) is 11.4 Å². The van der Waals surface area contributed by atoms with Crippen molar-refractivity contribution in [1.82, 2.24) is 30.2 Å². The first-order valence-electron chi connectivity index (χ1n) is 7.69. The van der Waals surface area contributed by atoms with E-state index in [1.54, 1.807) is 43.1 Å². The molecule has 0 saturated heterocycles. The van der Waals surface area contributed by atoms with E-state index < -0.39 is 11.5 Å². The summed E-state index contributed by atoms with van der Waals surface area (Å²) in [6.45, 7) is 1.83. The van der Waals surface area contributed by atoms with E-state index in [9.17, 15) is 9.59 Å². The molecule has 3 aromatic rings.